The van der Waals surface area contributed by atoms with Crippen molar-refractivity contribution in [3.8, 4) is 0 Å². The van der Waals surface area contributed by atoms with Gasteiger partial charge in [-0.2, -0.15) is 4.39 Å². The van der Waals surface area contributed by atoms with Crippen LogP contribution in [0.5, 0.6) is 0 Å². The second-order valence-electron chi connectivity index (χ2n) is 7.56. The van der Waals surface area contributed by atoms with Crippen LogP contribution in [-0.4, -0.2) is 40.3 Å². The van der Waals surface area contributed by atoms with E-state index in [9.17, 15) is 23.6 Å². The first kappa shape index (κ1) is 24.6. The van der Waals surface area contributed by atoms with E-state index in [0.29, 0.717) is 16.2 Å². The number of nitrogens with zero attached hydrogens (tertiary/aromatic N) is 1. The number of aromatic nitrogens is 2. The molecular weight excluding hydrogens is 509 g/mol. The van der Waals surface area contributed by atoms with Gasteiger partial charge in [0.1, 0.15) is 25.0 Å². The molecule has 1 fully saturated rings. The molecule has 12 heteroatoms. The van der Waals surface area contributed by atoms with E-state index in [-0.39, 0.29) is 24.2 Å². The Kier molecular flexibility index (Phi) is 7.34. The van der Waals surface area contributed by atoms with Crippen LogP contribution >= 0.6 is 23.2 Å². The monoisotopic (exact) mass is 525 g/mol. The van der Waals surface area contributed by atoms with Crippen LogP contribution in [0, 0.1) is 5.82 Å². The fourth-order valence-electron chi connectivity index (χ4n) is 3.44. The number of hydrogen-bond acceptors (Lipinski definition) is 7. The number of hydrogen-bond donors (Lipinski definition) is 1. The molecule has 1 aliphatic rings. The van der Waals surface area contributed by atoms with E-state index >= 15 is 0 Å². The molecule has 9 nitrogen and oxygen atoms in total. The van der Waals surface area contributed by atoms with Crippen LogP contribution in [0.4, 0.5) is 4.39 Å². The first-order valence-electron chi connectivity index (χ1n) is 10.3. The van der Waals surface area contributed by atoms with Gasteiger partial charge >= 0.3 is 17.6 Å². The quantitative estimate of drug-likeness (QED) is 0.490. The van der Waals surface area contributed by atoms with Crippen molar-refractivity contribution in [1.29, 1.82) is 0 Å². The molecule has 1 aliphatic heterocycles. The minimum absolute atomic E-state index is 0.0755. The summed E-state index contributed by atoms with van der Waals surface area (Å²) in [6.45, 7) is -0.336. The highest BCUT2D eigenvalue weighted by atomic mass is 35.5. The van der Waals surface area contributed by atoms with Crippen molar-refractivity contribution in [2.75, 3.05) is 6.61 Å². The molecule has 0 bridgehead atoms. The lowest BCUT2D eigenvalue weighted by molar-refractivity contribution is -0.0584. The summed E-state index contributed by atoms with van der Waals surface area (Å²) < 4.78 is 31.3. The molecule has 1 unspecified atom stereocenters. The van der Waals surface area contributed by atoms with Gasteiger partial charge in [0.25, 0.3) is 5.56 Å². The van der Waals surface area contributed by atoms with Crippen molar-refractivity contribution in [2.45, 2.75) is 24.9 Å². The molecule has 182 valence electrons. The van der Waals surface area contributed by atoms with Crippen LogP contribution in [0.3, 0.4) is 0 Å². The second kappa shape index (κ2) is 10.4. The van der Waals surface area contributed by atoms with Crippen LogP contribution in [0.2, 0.25) is 10.0 Å². The summed E-state index contributed by atoms with van der Waals surface area (Å²) in [6.07, 6.45) is -2.44. The van der Waals surface area contributed by atoms with E-state index in [4.69, 9.17) is 37.4 Å². The number of esters is 2. The Morgan fingerprint density at radius 1 is 1.00 bits per heavy atom. The van der Waals surface area contributed by atoms with Gasteiger partial charge in [0.15, 0.2) is 0 Å². The number of nitrogens with one attached hydrogen (secondary N) is 1. The summed E-state index contributed by atoms with van der Waals surface area (Å²) in [6, 6.07) is 12.0. The molecule has 1 N–H and O–H groups in total. The molecule has 0 radical (unpaired) electrons. The van der Waals surface area contributed by atoms with E-state index in [0.717, 1.165) is 4.57 Å². The molecule has 1 saturated heterocycles. The van der Waals surface area contributed by atoms with Crippen molar-refractivity contribution >= 4 is 35.1 Å². The van der Waals surface area contributed by atoms with Gasteiger partial charge in [-0.05, 0) is 48.5 Å². The van der Waals surface area contributed by atoms with Gasteiger partial charge in [0.2, 0.25) is 5.82 Å². The molecule has 3 aromatic rings. The molecule has 2 aromatic carbocycles. The standard InChI is InChI=1S/C23H17Cl2FN2O7/c24-14-5-1-12(2-6-14)21(30)33-11-18-17(35-22(31)13-3-7-15(25)8-4-13)9-19(34-18)28-10-16(26)20(29)27-23(28)32/h1-8,10,17-19H,9,11H2,(H,27,29,32)/t17-,18-,19?/m1/s1/i23+1,27+1,28+1. The third-order valence-electron chi connectivity index (χ3n) is 5.21. The van der Waals surface area contributed by atoms with Crippen LogP contribution in [0.15, 0.2) is 64.3 Å². The Hall–Kier alpha value is -3.47. The minimum atomic E-state index is -1.19. The normalized spacial score (nSPS) is 19.3. The third-order valence-corrected chi connectivity index (χ3v) is 5.72. The van der Waals surface area contributed by atoms with E-state index in [1.54, 1.807) is 0 Å². The maximum atomic E-state index is 13.8. The molecular formula is C23H17Cl2FN2O7. The van der Waals surface area contributed by atoms with Crippen LogP contribution in [-0.2, 0) is 14.2 Å². The highest BCUT2D eigenvalue weighted by Crippen LogP contribution is 2.31. The predicted molar refractivity (Wildman–Crippen MR) is 122 cm³/mol. The SMILES string of the molecule is O=C(OC[C@H]1OC([15n]2cc(F)c(=O)[15nH][13c]2=O)C[C@H]1OC(=O)c1ccc(Cl)cc1)c1ccc(Cl)cc1. The average molecular weight is 526 g/mol. The Bertz CT molecular complexity index is 1360. The summed E-state index contributed by atoms with van der Waals surface area (Å²) in [5.41, 5.74) is -1.65. The van der Waals surface area contributed by atoms with Crippen molar-refractivity contribution in [1.82, 2.24) is 9.55 Å². The maximum Gasteiger partial charge on any atom is 0.338 e. The number of carbonyl (C=O) groups is 2. The molecule has 2 heterocycles. The first-order chi connectivity index (χ1) is 16.7. The fraction of sp³-hybridized carbons (Fsp3) is 0.217. The van der Waals surface area contributed by atoms with Gasteiger partial charge in [-0.1, -0.05) is 23.2 Å². The molecule has 0 saturated carbocycles. The molecule has 4 rings (SSSR count). The van der Waals surface area contributed by atoms with E-state index in [1.165, 1.54) is 48.5 Å². The number of benzene rings is 2. The molecule has 0 aliphatic carbocycles. The van der Waals surface area contributed by atoms with Crippen molar-refractivity contribution < 1.29 is 28.2 Å². The van der Waals surface area contributed by atoms with Gasteiger partial charge < -0.3 is 14.2 Å². The Balaban J connectivity index is 1.53. The maximum absolute atomic E-state index is 13.8. The number of aromatic amines is 1. The fourth-order valence-corrected chi connectivity index (χ4v) is 3.69. The number of halogens is 3. The summed E-state index contributed by atoms with van der Waals surface area (Å²) in [5, 5.41) is 0.869. The molecule has 3 atom stereocenters. The second-order valence-corrected chi connectivity index (χ2v) is 8.44. The zero-order chi connectivity index (χ0) is 25.1. The van der Waals surface area contributed by atoms with Crippen molar-refractivity contribution in [3.63, 3.8) is 0 Å². The van der Waals surface area contributed by atoms with Gasteiger partial charge in [-0.3, -0.25) is 14.3 Å². The van der Waals surface area contributed by atoms with Gasteiger partial charge in [0, 0.05) is 16.5 Å². The molecule has 0 spiro atoms. The number of ether oxygens (including phenoxy) is 3. The predicted octanol–water partition coefficient (Wildman–Crippen LogP) is 3.35. The average Bonchev–Trinajstić information content (AvgIpc) is 3.22. The van der Waals surface area contributed by atoms with Crippen LogP contribution < -0.4 is 11.2 Å². The zero-order valence-electron chi connectivity index (χ0n) is 17.8. The van der Waals surface area contributed by atoms with Crippen molar-refractivity contribution in [3.05, 3.63) is 103 Å². The third kappa shape index (κ3) is 5.79. The highest BCUT2D eigenvalue weighted by Gasteiger charge is 2.40. The molecule has 1 aromatic heterocycles. The van der Waals surface area contributed by atoms with Gasteiger partial charge in [-0.25, -0.2) is 14.4 Å². The lowest BCUT2D eigenvalue weighted by atomic mass is 10.1. The summed E-state index contributed by atoms with van der Waals surface area (Å²) in [4.78, 5) is 50.4. The smallest absolute Gasteiger partial charge is 0.338 e. The van der Waals surface area contributed by atoms with E-state index in [2.05, 4.69) is 0 Å². The number of rotatable bonds is 6. The topological polar surface area (TPSA) is 117 Å². The highest BCUT2D eigenvalue weighted by molar-refractivity contribution is 6.31. The lowest BCUT2D eigenvalue weighted by Crippen LogP contribution is -2.34. The molecule has 35 heavy (non-hydrogen) atoms. The first-order valence-corrected chi connectivity index (χ1v) is 11.0. The summed E-state index contributed by atoms with van der Waals surface area (Å²) >= 11 is 11.7. The minimum Gasteiger partial charge on any atom is -0.459 e. The zero-order valence-corrected chi connectivity index (χ0v) is 19.3. The number of carbonyl (C=O) groups excluding carboxylic acids is 2. The lowest BCUT2D eigenvalue weighted by Gasteiger charge is -2.19. The molecule has 0 amide bonds. The van der Waals surface area contributed by atoms with E-state index in [1.807, 2.05) is 4.98 Å². The van der Waals surface area contributed by atoms with E-state index < -0.39 is 47.4 Å². The Labute approximate surface area is 207 Å². The summed E-state index contributed by atoms with van der Waals surface area (Å²) in [7, 11) is 0. The van der Waals surface area contributed by atoms with Crippen LogP contribution in [0.1, 0.15) is 33.4 Å². The van der Waals surface area contributed by atoms with Crippen molar-refractivity contribution in [2.24, 2.45) is 0 Å². The van der Waals surface area contributed by atoms with Crippen LogP contribution in [0.25, 0.3) is 0 Å². The number of H-pyrrole nitrogens is 1. The Morgan fingerprint density at radius 3 is 2.17 bits per heavy atom. The summed E-state index contributed by atoms with van der Waals surface area (Å²) in [5.74, 6) is -2.57. The van der Waals surface area contributed by atoms with Gasteiger partial charge in [-0.15, -0.1) is 0 Å². The largest absolute Gasteiger partial charge is 0.459 e. The van der Waals surface area contributed by atoms with Gasteiger partial charge in [0.05, 0.1) is 17.3 Å². The Morgan fingerprint density at radius 2 is 1.57 bits per heavy atom.